The summed E-state index contributed by atoms with van der Waals surface area (Å²) in [6.45, 7) is -0.227. The second-order valence-electron chi connectivity index (χ2n) is 5.94. The highest BCUT2D eigenvalue weighted by Crippen LogP contribution is 2.25. The lowest BCUT2D eigenvalue weighted by Gasteiger charge is -2.08. The molecular weight excluding hydrogens is 369 g/mol. The number of ether oxygens (including phenoxy) is 1. The molecule has 0 aliphatic rings. The maximum absolute atomic E-state index is 13.6. The Kier molecular flexibility index (Phi) is 4.80. The Morgan fingerprint density at radius 1 is 0.786 bits per heavy atom. The average Bonchev–Trinajstić information content (AvgIpc) is 3.19. The van der Waals surface area contributed by atoms with Crippen molar-refractivity contribution in [3.8, 4) is 28.6 Å². The van der Waals surface area contributed by atoms with E-state index in [9.17, 15) is 13.2 Å². The highest BCUT2D eigenvalue weighted by atomic mass is 19.1. The SMILES string of the molecule is Fc1ccc(-c2nc(-c3ccc(OCc4c(F)cccc4F)cc3)no2)cc1. The number of hydrogen-bond donors (Lipinski definition) is 0. The van der Waals surface area contributed by atoms with E-state index in [2.05, 4.69) is 10.1 Å². The molecule has 0 aliphatic carbocycles. The van der Waals surface area contributed by atoms with Crippen molar-refractivity contribution in [1.82, 2.24) is 10.1 Å². The van der Waals surface area contributed by atoms with Crippen LogP contribution in [0.15, 0.2) is 71.3 Å². The third-order valence-electron chi connectivity index (χ3n) is 4.07. The molecule has 0 saturated carbocycles. The molecule has 28 heavy (non-hydrogen) atoms. The first-order valence-electron chi connectivity index (χ1n) is 8.36. The normalized spacial score (nSPS) is 10.8. The Hall–Kier alpha value is -3.61. The van der Waals surface area contributed by atoms with Crippen molar-refractivity contribution >= 4 is 0 Å². The van der Waals surface area contributed by atoms with E-state index in [1.165, 1.54) is 30.3 Å². The minimum atomic E-state index is -0.656. The molecule has 7 heteroatoms. The Balaban J connectivity index is 1.47. The molecule has 0 amide bonds. The van der Waals surface area contributed by atoms with Gasteiger partial charge < -0.3 is 9.26 Å². The van der Waals surface area contributed by atoms with Gasteiger partial charge in [0.05, 0.1) is 5.56 Å². The molecule has 0 unspecified atom stereocenters. The average molecular weight is 382 g/mol. The Bertz CT molecular complexity index is 1070. The molecule has 0 spiro atoms. The van der Waals surface area contributed by atoms with E-state index in [-0.39, 0.29) is 23.9 Å². The predicted molar refractivity (Wildman–Crippen MR) is 95.8 cm³/mol. The van der Waals surface area contributed by atoms with Crippen molar-refractivity contribution in [2.45, 2.75) is 6.61 Å². The van der Waals surface area contributed by atoms with Gasteiger partial charge in [-0.1, -0.05) is 11.2 Å². The van der Waals surface area contributed by atoms with Crippen LogP contribution in [0, 0.1) is 17.5 Å². The van der Waals surface area contributed by atoms with Gasteiger partial charge in [-0.25, -0.2) is 13.2 Å². The van der Waals surface area contributed by atoms with Crippen molar-refractivity contribution in [3.05, 3.63) is 89.7 Å². The van der Waals surface area contributed by atoms with E-state index in [0.29, 0.717) is 22.7 Å². The van der Waals surface area contributed by atoms with Crippen LogP contribution in [0.3, 0.4) is 0 Å². The van der Waals surface area contributed by atoms with Crippen molar-refractivity contribution in [2.24, 2.45) is 0 Å². The smallest absolute Gasteiger partial charge is 0.258 e. The van der Waals surface area contributed by atoms with Crippen molar-refractivity contribution in [1.29, 1.82) is 0 Å². The number of nitrogens with zero attached hydrogens (tertiary/aromatic N) is 2. The maximum atomic E-state index is 13.6. The summed E-state index contributed by atoms with van der Waals surface area (Å²) in [5, 5.41) is 3.91. The fraction of sp³-hybridized carbons (Fsp3) is 0.0476. The lowest BCUT2D eigenvalue weighted by atomic mass is 10.2. The fourth-order valence-corrected chi connectivity index (χ4v) is 2.58. The highest BCUT2D eigenvalue weighted by molar-refractivity contribution is 5.60. The predicted octanol–water partition coefficient (Wildman–Crippen LogP) is 5.40. The molecule has 0 saturated heterocycles. The number of hydrogen-bond acceptors (Lipinski definition) is 4. The first-order chi connectivity index (χ1) is 13.6. The molecule has 4 rings (SSSR count). The van der Waals surface area contributed by atoms with Crippen LogP contribution >= 0.6 is 0 Å². The molecule has 3 aromatic carbocycles. The van der Waals surface area contributed by atoms with Gasteiger partial charge in [-0.3, -0.25) is 0 Å². The summed E-state index contributed by atoms with van der Waals surface area (Å²) in [6, 6.07) is 16.1. The molecular formula is C21H13F3N2O2. The lowest BCUT2D eigenvalue weighted by molar-refractivity contribution is 0.292. The van der Waals surface area contributed by atoms with E-state index in [1.807, 2.05) is 0 Å². The molecule has 1 heterocycles. The fourth-order valence-electron chi connectivity index (χ4n) is 2.58. The summed E-state index contributed by atoms with van der Waals surface area (Å²) in [5.74, 6) is -0.604. The van der Waals surface area contributed by atoms with E-state index in [4.69, 9.17) is 9.26 Å². The van der Waals surface area contributed by atoms with E-state index in [0.717, 1.165) is 0 Å². The minimum Gasteiger partial charge on any atom is -0.489 e. The molecule has 0 fully saturated rings. The van der Waals surface area contributed by atoms with Gasteiger partial charge in [0.25, 0.3) is 5.89 Å². The monoisotopic (exact) mass is 382 g/mol. The zero-order chi connectivity index (χ0) is 19.5. The van der Waals surface area contributed by atoms with Crippen LogP contribution in [-0.2, 0) is 6.61 Å². The topological polar surface area (TPSA) is 48.2 Å². The number of aromatic nitrogens is 2. The van der Waals surface area contributed by atoms with Crippen LogP contribution in [0.1, 0.15) is 5.56 Å². The van der Waals surface area contributed by atoms with E-state index in [1.54, 1.807) is 36.4 Å². The van der Waals surface area contributed by atoms with Crippen LogP contribution in [0.25, 0.3) is 22.8 Å². The Morgan fingerprint density at radius 3 is 2.11 bits per heavy atom. The summed E-state index contributed by atoms with van der Waals surface area (Å²) < 4.78 is 50.9. The first-order valence-corrected chi connectivity index (χ1v) is 8.36. The van der Waals surface area contributed by atoms with Gasteiger partial charge in [-0.2, -0.15) is 4.98 Å². The summed E-state index contributed by atoms with van der Waals surface area (Å²) in [4.78, 5) is 4.29. The van der Waals surface area contributed by atoms with Crippen LogP contribution in [0.2, 0.25) is 0 Å². The Morgan fingerprint density at radius 2 is 1.43 bits per heavy atom. The van der Waals surface area contributed by atoms with E-state index < -0.39 is 11.6 Å². The van der Waals surface area contributed by atoms with Gasteiger partial charge in [0.1, 0.15) is 29.8 Å². The van der Waals surface area contributed by atoms with Crippen LogP contribution in [0.5, 0.6) is 5.75 Å². The molecule has 0 bridgehead atoms. The number of benzene rings is 3. The van der Waals surface area contributed by atoms with Crippen molar-refractivity contribution in [3.63, 3.8) is 0 Å². The van der Waals surface area contributed by atoms with Crippen LogP contribution < -0.4 is 4.74 Å². The standard InChI is InChI=1S/C21H13F3N2O2/c22-15-8-4-14(5-9-15)21-25-20(26-28-21)13-6-10-16(11-7-13)27-12-17-18(23)2-1-3-19(17)24/h1-11H,12H2. The zero-order valence-electron chi connectivity index (χ0n) is 14.4. The summed E-state index contributed by atoms with van der Waals surface area (Å²) in [5.41, 5.74) is 1.14. The van der Waals surface area contributed by atoms with Crippen molar-refractivity contribution in [2.75, 3.05) is 0 Å². The van der Waals surface area contributed by atoms with Gasteiger partial charge in [0.15, 0.2) is 0 Å². The van der Waals surface area contributed by atoms with Crippen molar-refractivity contribution < 1.29 is 22.4 Å². The minimum absolute atomic E-state index is 0.131. The van der Waals surface area contributed by atoms with Gasteiger partial charge >= 0.3 is 0 Å². The maximum Gasteiger partial charge on any atom is 0.258 e. The van der Waals surface area contributed by atoms with Crippen LogP contribution in [-0.4, -0.2) is 10.1 Å². The number of halogens is 3. The largest absolute Gasteiger partial charge is 0.489 e. The second-order valence-corrected chi connectivity index (χ2v) is 5.94. The molecule has 0 radical (unpaired) electrons. The summed E-state index contributed by atoms with van der Waals surface area (Å²) in [6.07, 6.45) is 0. The molecule has 4 aromatic rings. The Labute approximate surface area is 158 Å². The highest BCUT2D eigenvalue weighted by Gasteiger charge is 2.12. The van der Waals surface area contributed by atoms with Crippen LogP contribution in [0.4, 0.5) is 13.2 Å². The molecule has 1 aromatic heterocycles. The quantitative estimate of drug-likeness (QED) is 0.464. The number of rotatable bonds is 5. The van der Waals surface area contributed by atoms with Gasteiger partial charge in [-0.05, 0) is 60.7 Å². The van der Waals surface area contributed by atoms with Gasteiger partial charge in [0, 0.05) is 11.1 Å². The molecule has 140 valence electrons. The second kappa shape index (κ2) is 7.56. The lowest BCUT2D eigenvalue weighted by Crippen LogP contribution is -2.01. The summed E-state index contributed by atoms with van der Waals surface area (Å²) in [7, 11) is 0. The molecule has 0 N–H and O–H groups in total. The first kappa shape index (κ1) is 17.8. The summed E-state index contributed by atoms with van der Waals surface area (Å²) >= 11 is 0. The van der Waals surface area contributed by atoms with E-state index >= 15 is 0 Å². The third-order valence-corrected chi connectivity index (χ3v) is 4.07. The molecule has 0 aliphatic heterocycles. The molecule has 4 nitrogen and oxygen atoms in total. The molecule has 0 atom stereocenters. The van der Waals surface area contributed by atoms with Gasteiger partial charge in [0.2, 0.25) is 5.82 Å². The zero-order valence-corrected chi connectivity index (χ0v) is 14.4. The third kappa shape index (κ3) is 3.73. The van der Waals surface area contributed by atoms with Gasteiger partial charge in [-0.15, -0.1) is 0 Å².